The number of nitrogens with zero attached hydrogens (tertiary/aromatic N) is 3. The molecule has 2 amide bonds. The van der Waals surface area contributed by atoms with Gasteiger partial charge in [-0.05, 0) is 38.8 Å². The average molecular weight is 411 g/mol. The van der Waals surface area contributed by atoms with E-state index in [0.717, 1.165) is 19.6 Å². The lowest BCUT2D eigenvalue weighted by molar-refractivity contribution is -0.147. The summed E-state index contributed by atoms with van der Waals surface area (Å²) in [6.45, 7) is 6.08. The molecule has 26 heavy (non-hydrogen) atoms. The number of amides is 2. The first-order valence-corrected chi connectivity index (χ1v) is 9.32. The minimum atomic E-state index is -0.444. The average Bonchev–Trinajstić information content (AvgIpc) is 2.96. The number of piperidine rings is 1. The predicted octanol–water partition coefficient (Wildman–Crippen LogP) is 0.493. The minimum Gasteiger partial charge on any atom is -0.378 e. The molecule has 3 aliphatic heterocycles. The standard InChI is InChI=1S/C17H30N4O3.2ClH/c18-14-4-9-21(16(14)22)15(5-8-19-6-2-1-3-7-19)17(23)20-10-12-24-13-11-20;;/h14-15H,1-13,18H2;2*1H/t14-,15-;;/m0../s1. The van der Waals surface area contributed by atoms with E-state index in [1.807, 2.05) is 4.90 Å². The molecule has 0 aromatic carbocycles. The molecular formula is C17H32Cl2N4O3. The van der Waals surface area contributed by atoms with Crippen LogP contribution in [0.25, 0.3) is 0 Å². The number of likely N-dealkylation sites (tertiary alicyclic amines) is 2. The second-order valence-electron chi connectivity index (χ2n) is 7.07. The highest BCUT2D eigenvalue weighted by atomic mass is 35.5. The van der Waals surface area contributed by atoms with Crippen LogP contribution in [0, 0.1) is 0 Å². The van der Waals surface area contributed by atoms with Crippen LogP contribution in [0.4, 0.5) is 0 Å². The Morgan fingerprint density at radius 2 is 1.73 bits per heavy atom. The monoisotopic (exact) mass is 410 g/mol. The summed E-state index contributed by atoms with van der Waals surface area (Å²) in [4.78, 5) is 31.4. The number of ether oxygens (including phenoxy) is 1. The quantitative estimate of drug-likeness (QED) is 0.713. The van der Waals surface area contributed by atoms with E-state index in [-0.39, 0.29) is 42.7 Å². The zero-order valence-corrected chi connectivity index (χ0v) is 16.9. The fourth-order valence-electron chi connectivity index (χ4n) is 3.93. The van der Waals surface area contributed by atoms with Gasteiger partial charge in [-0.2, -0.15) is 0 Å². The van der Waals surface area contributed by atoms with Gasteiger partial charge in [0.05, 0.1) is 19.3 Å². The van der Waals surface area contributed by atoms with Gasteiger partial charge in [0.25, 0.3) is 0 Å². The fraction of sp³-hybridized carbons (Fsp3) is 0.882. The van der Waals surface area contributed by atoms with Gasteiger partial charge in [0.1, 0.15) is 6.04 Å². The van der Waals surface area contributed by atoms with E-state index in [4.69, 9.17) is 10.5 Å². The third-order valence-corrected chi connectivity index (χ3v) is 5.43. The Labute approximate surface area is 168 Å². The van der Waals surface area contributed by atoms with Gasteiger partial charge in [-0.15, -0.1) is 24.8 Å². The minimum absolute atomic E-state index is 0. The molecular weight excluding hydrogens is 379 g/mol. The van der Waals surface area contributed by atoms with Gasteiger partial charge in [-0.3, -0.25) is 9.59 Å². The molecule has 2 atom stereocenters. The molecule has 2 N–H and O–H groups in total. The maximum absolute atomic E-state index is 13.0. The largest absolute Gasteiger partial charge is 0.378 e. The van der Waals surface area contributed by atoms with E-state index < -0.39 is 6.04 Å². The van der Waals surface area contributed by atoms with Crippen molar-refractivity contribution >= 4 is 36.6 Å². The first-order valence-electron chi connectivity index (χ1n) is 9.32. The summed E-state index contributed by atoms with van der Waals surface area (Å²) in [7, 11) is 0. The first kappa shape index (κ1) is 23.4. The summed E-state index contributed by atoms with van der Waals surface area (Å²) in [6.07, 6.45) is 5.11. The highest BCUT2D eigenvalue weighted by molar-refractivity contribution is 5.91. The maximum atomic E-state index is 13.0. The van der Waals surface area contributed by atoms with Crippen molar-refractivity contribution in [2.75, 3.05) is 52.5 Å². The van der Waals surface area contributed by atoms with Gasteiger partial charge in [0, 0.05) is 26.2 Å². The number of halogens is 2. The summed E-state index contributed by atoms with van der Waals surface area (Å²) in [5, 5.41) is 0. The van der Waals surface area contributed by atoms with Crippen molar-refractivity contribution in [2.24, 2.45) is 5.73 Å². The van der Waals surface area contributed by atoms with Gasteiger partial charge in [0.2, 0.25) is 11.8 Å². The van der Waals surface area contributed by atoms with Crippen molar-refractivity contribution in [1.29, 1.82) is 0 Å². The van der Waals surface area contributed by atoms with Gasteiger partial charge in [-0.1, -0.05) is 6.42 Å². The van der Waals surface area contributed by atoms with E-state index in [1.165, 1.54) is 19.3 Å². The molecule has 3 aliphatic rings. The van der Waals surface area contributed by atoms with Gasteiger partial charge < -0.3 is 25.2 Å². The zero-order valence-electron chi connectivity index (χ0n) is 15.3. The smallest absolute Gasteiger partial charge is 0.245 e. The number of nitrogens with two attached hydrogens (primary N) is 1. The molecule has 0 aromatic rings. The Bertz CT molecular complexity index is 457. The molecule has 3 fully saturated rings. The van der Waals surface area contributed by atoms with Crippen molar-refractivity contribution in [3.63, 3.8) is 0 Å². The van der Waals surface area contributed by atoms with Gasteiger partial charge >= 0.3 is 0 Å². The normalized spacial score (nSPS) is 25.4. The Balaban J connectivity index is 0.00000169. The van der Waals surface area contributed by atoms with E-state index in [0.29, 0.717) is 45.7 Å². The predicted molar refractivity (Wildman–Crippen MR) is 105 cm³/mol. The molecule has 0 bridgehead atoms. The van der Waals surface area contributed by atoms with Crippen molar-refractivity contribution in [3.8, 4) is 0 Å². The second-order valence-corrected chi connectivity index (χ2v) is 7.07. The van der Waals surface area contributed by atoms with Gasteiger partial charge in [0.15, 0.2) is 0 Å². The first-order chi connectivity index (χ1) is 11.7. The Morgan fingerprint density at radius 1 is 1.08 bits per heavy atom. The summed E-state index contributed by atoms with van der Waals surface area (Å²) >= 11 is 0. The van der Waals surface area contributed by atoms with Crippen molar-refractivity contribution in [3.05, 3.63) is 0 Å². The maximum Gasteiger partial charge on any atom is 0.245 e. The van der Waals surface area contributed by atoms with E-state index in [2.05, 4.69) is 4.90 Å². The van der Waals surface area contributed by atoms with Crippen LogP contribution in [0.2, 0.25) is 0 Å². The van der Waals surface area contributed by atoms with Crippen LogP contribution in [0.1, 0.15) is 32.1 Å². The lowest BCUT2D eigenvalue weighted by Crippen LogP contribution is -2.54. The van der Waals surface area contributed by atoms with Crippen LogP contribution in [-0.4, -0.2) is 91.1 Å². The summed E-state index contributed by atoms with van der Waals surface area (Å²) < 4.78 is 5.35. The molecule has 0 aromatic heterocycles. The number of rotatable bonds is 5. The number of carbonyl (C=O) groups excluding carboxylic acids is 2. The number of hydrogen-bond acceptors (Lipinski definition) is 5. The molecule has 3 rings (SSSR count). The molecule has 0 radical (unpaired) electrons. The highest BCUT2D eigenvalue weighted by Gasteiger charge is 2.39. The summed E-state index contributed by atoms with van der Waals surface area (Å²) in [5.74, 6) is -0.00184. The van der Waals surface area contributed by atoms with E-state index >= 15 is 0 Å². The molecule has 0 aliphatic carbocycles. The SMILES string of the molecule is Cl.Cl.N[C@H]1CCN([C@@H](CCN2CCCCC2)C(=O)N2CCOCC2)C1=O. The van der Waals surface area contributed by atoms with Crippen LogP contribution < -0.4 is 5.73 Å². The molecule has 3 heterocycles. The fourth-order valence-corrected chi connectivity index (χ4v) is 3.93. The van der Waals surface area contributed by atoms with Crippen LogP contribution in [0.5, 0.6) is 0 Å². The molecule has 9 heteroatoms. The lowest BCUT2D eigenvalue weighted by Gasteiger charge is -2.36. The lowest BCUT2D eigenvalue weighted by atomic mass is 10.1. The van der Waals surface area contributed by atoms with Crippen molar-refractivity contribution in [1.82, 2.24) is 14.7 Å². The van der Waals surface area contributed by atoms with Crippen molar-refractivity contribution < 1.29 is 14.3 Å². The molecule has 0 saturated carbocycles. The molecule has 7 nitrogen and oxygen atoms in total. The number of hydrogen-bond donors (Lipinski definition) is 1. The summed E-state index contributed by atoms with van der Waals surface area (Å²) in [5.41, 5.74) is 5.88. The Morgan fingerprint density at radius 3 is 2.31 bits per heavy atom. The van der Waals surface area contributed by atoms with Crippen LogP contribution in [0.15, 0.2) is 0 Å². The number of morpholine rings is 1. The molecule has 3 saturated heterocycles. The third kappa shape index (κ3) is 5.70. The van der Waals surface area contributed by atoms with Crippen LogP contribution >= 0.6 is 24.8 Å². The molecule has 0 unspecified atom stereocenters. The Hall–Kier alpha value is -0.600. The Kier molecular flexibility index (Phi) is 10.2. The molecule has 152 valence electrons. The third-order valence-electron chi connectivity index (χ3n) is 5.43. The zero-order chi connectivity index (χ0) is 16.9. The second kappa shape index (κ2) is 11.3. The highest BCUT2D eigenvalue weighted by Crippen LogP contribution is 2.19. The van der Waals surface area contributed by atoms with E-state index in [1.54, 1.807) is 4.90 Å². The van der Waals surface area contributed by atoms with Gasteiger partial charge in [-0.25, -0.2) is 0 Å². The summed E-state index contributed by atoms with van der Waals surface area (Å²) in [6, 6.07) is -0.814. The van der Waals surface area contributed by atoms with E-state index in [9.17, 15) is 9.59 Å². The van der Waals surface area contributed by atoms with Crippen molar-refractivity contribution in [2.45, 2.75) is 44.2 Å². The van der Waals surface area contributed by atoms with Crippen LogP contribution in [0.3, 0.4) is 0 Å². The topological polar surface area (TPSA) is 79.1 Å². The molecule has 0 spiro atoms. The van der Waals surface area contributed by atoms with Crippen LogP contribution in [-0.2, 0) is 14.3 Å². The number of carbonyl (C=O) groups is 2.